The van der Waals surface area contributed by atoms with Gasteiger partial charge in [-0.25, -0.2) is 8.42 Å². The summed E-state index contributed by atoms with van der Waals surface area (Å²) in [4.78, 5) is 12.0. The molecule has 2 aromatic carbocycles. The molecule has 130 valence electrons. The molecule has 0 aliphatic carbocycles. The summed E-state index contributed by atoms with van der Waals surface area (Å²) in [5.41, 5.74) is 2.69. The molecule has 1 amide bonds. The van der Waals surface area contributed by atoms with E-state index < -0.39 is 10.0 Å². The zero-order valence-corrected chi connectivity index (χ0v) is 15.2. The van der Waals surface area contributed by atoms with Crippen LogP contribution in [0.1, 0.15) is 27.0 Å². The third kappa shape index (κ3) is 4.69. The molecule has 0 spiro atoms. The number of carbonyl (C=O) groups excluding carboxylic acids is 1. The van der Waals surface area contributed by atoms with Gasteiger partial charge >= 0.3 is 0 Å². The van der Waals surface area contributed by atoms with E-state index in [4.69, 9.17) is 0 Å². The van der Waals surface area contributed by atoms with Gasteiger partial charge in [-0.3, -0.25) is 4.79 Å². The molecule has 0 atom stereocenters. The van der Waals surface area contributed by atoms with Gasteiger partial charge in [0.1, 0.15) is 0 Å². The summed E-state index contributed by atoms with van der Waals surface area (Å²) in [6.07, 6.45) is 0. The Hall–Kier alpha value is -2.62. The molecule has 0 heterocycles. The number of benzene rings is 2. The Bertz CT molecular complexity index is 954. The fourth-order valence-electron chi connectivity index (χ4n) is 2.37. The highest BCUT2D eigenvalue weighted by Crippen LogP contribution is 2.15. The van der Waals surface area contributed by atoms with Gasteiger partial charge in [0.2, 0.25) is 10.0 Å². The molecule has 0 saturated carbocycles. The molecule has 6 heteroatoms. The number of rotatable bonds is 4. The van der Waals surface area contributed by atoms with E-state index >= 15 is 0 Å². The Morgan fingerprint density at radius 3 is 2.52 bits per heavy atom. The Balaban J connectivity index is 2.14. The predicted octanol–water partition coefficient (Wildman–Crippen LogP) is 1.99. The van der Waals surface area contributed by atoms with Crippen LogP contribution in [0.15, 0.2) is 47.4 Å². The lowest BCUT2D eigenvalue weighted by molar-refractivity contribution is 0.0963. The van der Waals surface area contributed by atoms with Crippen molar-refractivity contribution in [3.8, 4) is 11.8 Å². The molecule has 0 aromatic heterocycles. The summed E-state index contributed by atoms with van der Waals surface area (Å²) >= 11 is 0. The van der Waals surface area contributed by atoms with Crippen LogP contribution in [0.3, 0.4) is 0 Å². The zero-order valence-electron chi connectivity index (χ0n) is 14.4. The highest BCUT2D eigenvalue weighted by atomic mass is 32.2. The van der Waals surface area contributed by atoms with E-state index in [0.29, 0.717) is 16.7 Å². The maximum Gasteiger partial charge on any atom is 0.252 e. The Morgan fingerprint density at radius 2 is 1.84 bits per heavy atom. The first kappa shape index (κ1) is 18.7. The Kier molecular flexibility index (Phi) is 5.97. The second kappa shape index (κ2) is 7.97. The van der Waals surface area contributed by atoms with Gasteiger partial charge in [-0.1, -0.05) is 41.7 Å². The minimum atomic E-state index is -3.63. The van der Waals surface area contributed by atoms with Gasteiger partial charge in [0.15, 0.2) is 0 Å². The van der Waals surface area contributed by atoms with Gasteiger partial charge in [0.05, 0.1) is 17.0 Å². The van der Waals surface area contributed by atoms with Crippen LogP contribution < -0.4 is 10.0 Å². The largest absolute Gasteiger partial charge is 0.355 e. The first-order valence-corrected chi connectivity index (χ1v) is 9.20. The summed E-state index contributed by atoms with van der Waals surface area (Å²) in [5, 5.41) is 2.55. The van der Waals surface area contributed by atoms with Crippen molar-refractivity contribution in [3.05, 3.63) is 64.7 Å². The van der Waals surface area contributed by atoms with Gasteiger partial charge in [-0.2, -0.15) is 4.72 Å². The van der Waals surface area contributed by atoms with Crippen molar-refractivity contribution >= 4 is 15.9 Å². The molecule has 0 bridgehead atoms. The Labute approximate surface area is 148 Å². The summed E-state index contributed by atoms with van der Waals surface area (Å²) in [6, 6.07) is 12.1. The number of aryl methyl sites for hydroxylation is 2. The zero-order chi connectivity index (χ0) is 18.4. The quantitative estimate of drug-likeness (QED) is 0.823. The lowest BCUT2D eigenvalue weighted by atomic mass is 10.1. The average molecular weight is 356 g/mol. The second-order valence-electron chi connectivity index (χ2n) is 5.52. The maximum atomic E-state index is 12.4. The molecule has 5 nitrogen and oxygen atoms in total. The van der Waals surface area contributed by atoms with E-state index in [1.54, 1.807) is 50.4 Å². The van der Waals surface area contributed by atoms with Crippen molar-refractivity contribution in [1.29, 1.82) is 0 Å². The van der Waals surface area contributed by atoms with E-state index in [9.17, 15) is 13.2 Å². The summed E-state index contributed by atoms with van der Waals surface area (Å²) < 4.78 is 27.2. The van der Waals surface area contributed by atoms with Gasteiger partial charge < -0.3 is 5.32 Å². The fraction of sp³-hybridized carbons (Fsp3) is 0.211. The van der Waals surface area contributed by atoms with Crippen molar-refractivity contribution in [2.24, 2.45) is 0 Å². The van der Waals surface area contributed by atoms with Gasteiger partial charge in [-0.15, -0.1) is 0 Å². The number of carbonyl (C=O) groups is 1. The normalized spacial score (nSPS) is 10.7. The number of hydrogen-bond acceptors (Lipinski definition) is 3. The van der Waals surface area contributed by atoms with Crippen LogP contribution in [-0.2, 0) is 10.0 Å². The molecule has 0 unspecified atom stereocenters. The molecule has 0 radical (unpaired) electrons. The molecule has 2 N–H and O–H groups in total. The van der Waals surface area contributed by atoms with Crippen molar-refractivity contribution in [3.63, 3.8) is 0 Å². The summed E-state index contributed by atoms with van der Waals surface area (Å²) in [6.45, 7) is 3.62. The van der Waals surface area contributed by atoms with Gasteiger partial charge in [-0.05, 0) is 37.6 Å². The van der Waals surface area contributed by atoms with Crippen LogP contribution in [0.4, 0.5) is 0 Å². The molecule has 2 rings (SSSR count). The summed E-state index contributed by atoms with van der Waals surface area (Å²) in [5.74, 6) is 5.36. The van der Waals surface area contributed by atoms with Crippen LogP contribution in [0, 0.1) is 25.7 Å². The van der Waals surface area contributed by atoms with Crippen LogP contribution in [0.5, 0.6) is 0 Å². The van der Waals surface area contributed by atoms with E-state index in [1.165, 1.54) is 0 Å². The van der Waals surface area contributed by atoms with Crippen LogP contribution in [0.25, 0.3) is 0 Å². The SMILES string of the molecule is CNC(=O)c1ccccc1C#CCNS(=O)(=O)c1ccc(C)cc1C. The minimum absolute atomic E-state index is 0.0439. The number of nitrogens with one attached hydrogen (secondary N) is 2. The van der Waals surface area contributed by atoms with E-state index in [0.717, 1.165) is 5.56 Å². The first-order valence-electron chi connectivity index (χ1n) is 7.72. The van der Waals surface area contributed by atoms with Crippen molar-refractivity contribution in [2.75, 3.05) is 13.6 Å². The molecule has 0 aliphatic rings. The highest BCUT2D eigenvalue weighted by molar-refractivity contribution is 7.89. The highest BCUT2D eigenvalue weighted by Gasteiger charge is 2.15. The smallest absolute Gasteiger partial charge is 0.252 e. The molecule has 25 heavy (non-hydrogen) atoms. The predicted molar refractivity (Wildman–Crippen MR) is 97.8 cm³/mol. The molecule has 0 aliphatic heterocycles. The molecule has 2 aromatic rings. The molecular weight excluding hydrogens is 336 g/mol. The lowest BCUT2D eigenvalue weighted by Gasteiger charge is -2.08. The number of hydrogen-bond donors (Lipinski definition) is 2. The lowest BCUT2D eigenvalue weighted by Crippen LogP contribution is -2.24. The van der Waals surface area contributed by atoms with Crippen molar-refractivity contribution in [1.82, 2.24) is 10.0 Å². The minimum Gasteiger partial charge on any atom is -0.355 e. The van der Waals surface area contributed by atoms with Crippen LogP contribution in [-0.4, -0.2) is 27.9 Å². The molecular formula is C19H20N2O3S. The maximum absolute atomic E-state index is 12.4. The summed E-state index contributed by atoms with van der Waals surface area (Å²) in [7, 11) is -2.08. The third-order valence-electron chi connectivity index (χ3n) is 3.59. The van der Waals surface area contributed by atoms with Gasteiger partial charge in [0.25, 0.3) is 5.91 Å². The van der Waals surface area contributed by atoms with Gasteiger partial charge in [0, 0.05) is 12.6 Å². The molecule has 0 saturated heterocycles. The van der Waals surface area contributed by atoms with E-state index in [-0.39, 0.29) is 17.3 Å². The number of sulfonamides is 1. The fourth-order valence-corrected chi connectivity index (χ4v) is 3.52. The van der Waals surface area contributed by atoms with Crippen LogP contribution in [0.2, 0.25) is 0 Å². The van der Waals surface area contributed by atoms with E-state index in [2.05, 4.69) is 21.9 Å². The van der Waals surface area contributed by atoms with Crippen LogP contribution >= 0.6 is 0 Å². The van der Waals surface area contributed by atoms with E-state index in [1.807, 2.05) is 13.0 Å². The average Bonchev–Trinajstić information content (AvgIpc) is 2.58. The monoisotopic (exact) mass is 356 g/mol. The number of amides is 1. The van der Waals surface area contributed by atoms with Crippen molar-refractivity contribution < 1.29 is 13.2 Å². The molecule has 0 fully saturated rings. The Morgan fingerprint density at radius 1 is 1.12 bits per heavy atom. The standard InChI is InChI=1S/C19H20N2O3S/c1-14-10-11-18(15(2)13-14)25(23,24)21-12-6-8-16-7-4-5-9-17(16)19(22)20-3/h4-5,7,9-11,13,21H,12H2,1-3H3,(H,20,22). The topological polar surface area (TPSA) is 75.3 Å². The third-order valence-corrected chi connectivity index (χ3v) is 5.15. The second-order valence-corrected chi connectivity index (χ2v) is 7.26. The first-order chi connectivity index (χ1) is 11.8. The van der Waals surface area contributed by atoms with Crippen molar-refractivity contribution in [2.45, 2.75) is 18.7 Å².